The summed E-state index contributed by atoms with van der Waals surface area (Å²) in [5, 5.41) is 8.27. The molecule has 2 heterocycles. The van der Waals surface area contributed by atoms with Crippen LogP contribution in [-0.2, 0) is 11.3 Å². The minimum atomic E-state index is -0.277. The number of hydrogen-bond donors (Lipinski definition) is 2. The van der Waals surface area contributed by atoms with Crippen LogP contribution in [0.1, 0.15) is 26.0 Å². The number of furan rings is 1. The van der Waals surface area contributed by atoms with Crippen molar-refractivity contribution >= 4 is 16.7 Å². The van der Waals surface area contributed by atoms with Gasteiger partial charge in [0.1, 0.15) is 11.5 Å². The minimum absolute atomic E-state index is 0.0372. The normalized spacial score (nSPS) is 13.3. The first-order valence-electron chi connectivity index (χ1n) is 9.16. The van der Waals surface area contributed by atoms with Crippen molar-refractivity contribution in [3.63, 3.8) is 0 Å². The average molecular weight is 367 g/mol. The Balaban J connectivity index is 1.39. The largest absolute Gasteiger partial charge is 0.491 e. The number of rotatable bonds is 9. The van der Waals surface area contributed by atoms with Crippen LogP contribution in [0.5, 0.6) is 5.75 Å². The summed E-state index contributed by atoms with van der Waals surface area (Å²) < 4.78 is 11.2. The molecule has 0 aliphatic carbocycles. The van der Waals surface area contributed by atoms with Crippen LogP contribution < -0.4 is 15.4 Å². The number of nitrogens with one attached hydrogen (secondary N) is 2. The molecule has 6 heteroatoms. The smallest absolute Gasteiger partial charge is 0.237 e. The third kappa shape index (κ3) is 5.56. The molecular weight excluding hydrogens is 342 g/mol. The molecule has 0 saturated heterocycles. The number of carbonyl (C=O) groups excluding carboxylic acids is 1. The van der Waals surface area contributed by atoms with Crippen LogP contribution in [0.25, 0.3) is 10.8 Å². The van der Waals surface area contributed by atoms with Crippen molar-refractivity contribution in [1.29, 1.82) is 0 Å². The quantitative estimate of drug-likeness (QED) is 0.607. The first-order chi connectivity index (χ1) is 13.1. The second-order valence-electron chi connectivity index (χ2n) is 6.57. The predicted octanol–water partition coefficient (Wildman–Crippen LogP) is 3.28. The van der Waals surface area contributed by atoms with Gasteiger partial charge in [0.05, 0.1) is 25.0 Å². The third-order valence-electron chi connectivity index (χ3n) is 4.36. The van der Waals surface area contributed by atoms with Crippen molar-refractivity contribution in [3.05, 3.63) is 60.8 Å². The minimum Gasteiger partial charge on any atom is -0.491 e. The van der Waals surface area contributed by atoms with E-state index in [1.807, 2.05) is 50.4 Å². The zero-order chi connectivity index (χ0) is 19.1. The van der Waals surface area contributed by atoms with Crippen LogP contribution >= 0.6 is 0 Å². The topological polar surface area (TPSA) is 76.4 Å². The van der Waals surface area contributed by atoms with Crippen molar-refractivity contribution in [2.45, 2.75) is 39.0 Å². The van der Waals surface area contributed by atoms with E-state index in [9.17, 15) is 4.79 Å². The number of benzene rings is 1. The van der Waals surface area contributed by atoms with Gasteiger partial charge in [-0.15, -0.1) is 0 Å². The van der Waals surface area contributed by atoms with Gasteiger partial charge in [-0.2, -0.15) is 0 Å². The number of amides is 1. The Morgan fingerprint density at radius 1 is 1.22 bits per heavy atom. The molecule has 0 radical (unpaired) electrons. The number of pyridine rings is 1. The van der Waals surface area contributed by atoms with Crippen LogP contribution in [0.3, 0.4) is 0 Å². The maximum Gasteiger partial charge on any atom is 0.237 e. The van der Waals surface area contributed by atoms with Gasteiger partial charge < -0.3 is 19.8 Å². The Morgan fingerprint density at radius 3 is 2.93 bits per heavy atom. The van der Waals surface area contributed by atoms with Crippen molar-refractivity contribution in [1.82, 2.24) is 15.6 Å². The maximum absolute atomic E-state index is 12.1. The van der Waals surface area contributed by atoms with E-state index in [4.69, 9.17) is 9.15 Å². The summed E-state index contributed by atoms with van der Waals surface area (Å²) in [5.41, 5.74) is 0. The highest BCUT2D eigenvalue weighted by molar-refractivity contribution is 5.82. The Labute approximate surface area is 158 Å². The second kappa shape index (κ2) is 9.19. The molecule has 27 heavy (non-hydrogen) atoms. The van der Waals surface area contributed by atoms with Gasteiger partial charge in [0, 0.05) is 17.8 Å². The SMILES string of the molecule is C[C@H](CCN[C@@H](C)C(=O)NCc1ccco1)Oc1ccc2cnccc2c1. The second-order valence-corrected chi connectivity index (χ2v) is 6.57. The molecule has 0 bridgehead atoms. The zero-order valence-corrected chi connectivity index (χ0v) is 15.6. The summed E-state index contributed by atoms with van der Waals surface area (Å²) in [7, 11) is 0. The lowest BCUT2D eigenvalue weighted by Crippen LogP contribution is -2.42. The van der Waals surface area contributed by atoms with E-state index in [2.05, 4.69) is 15.6 Å². The number of aromatic nitrogens is 1. The van der Waals surface area contributed by atoms with Gasteiger partial charge >= 0.3 is 0 Å². The fourth-order valence-electron chi connectivity index (χ4n) is 2.76. The van der Waals surface area contributed by atoms with Gasteiger partial charge in [-0.25, -0.2) is 0 Å². The zero-order valence-electron chi connectivity index (χ0n) is 15.6. The molecule has 0 aliphatic rings. The van der Waals surface area contributed by atoms with Crippen molar-refractivity contribution in [3.8, 4) is 5.75 Å². The molecule has 0 saturated carbocycles. The van der Waals surface area contributed by atoms with E-state index in [0.717, 1.165) is 28.7 Å². The lowest BCUT2D eigenvalue weighted by atomic mass is 10.2. The summed E-state index contributed by atoms with van der Waals surface area (Å²) in [5.74, 6) is 1.53. The number of nitrogens with zero attached hydrogens (tertiary/aromatic N) is 1. The third-order valence-corrected chi connectivity index (χ3v) is 4.36. The van der Waals surface area contributed by atoms with Crippen LogP contribution in [0.4, 0.5) is 0 Å². The molecule has 0 fully saturated rings. The molecule has 2 N–H and O–H groups in total. The van der Waals surface area contributed by atoms with Crippen LogP contribution in [0.15, 0.2) is 59.5 Å². The molecule has 142 valence electrons. The van der Waals surface area contributed by atoms with E-state index in [1.54, 1.807) is 18.5 Å². The molecule has 1 aromatic carbocycles. The van der Waals surface area contributed by atoms with Gasteiger partial charge in [-0.1, -0.05) is 0 Å². The number of hydrogen-bond acceptors (Lipinski definition) is 5. The molecule has 0 spiro atoms. The fourth-order valence-corrected chi connectivity index (χ4v) is 2.76. The standard InChI is InChI=1S/C21H25N3O3/c1-15(27-19-6-5-18-13-22-9-8-17(18)12-19)7-10-23-16(2)21(25)24-14-20-4-3-11-26-20/h3-6,8-9,11-13,15-16,23H,7,10,14H2,1-2H3,(H,24,25)/t15-,16+/m1/s1. The van der Waals surface area contributed by atoms with Gasteiger partial charge in [0.15, 0.2) is 0 Å². The van der Waals surface area contributed by atoms with Crippen molar-refractivity contribution in [2.75, 3.05) is 6.54 Å². The van der Waals surface area contributed by atoms with Gasteiger partial charge in [0.25, 0.3) is 0 Å². The fraction of sp³-hybridized carbons (Fsp3) is 0.333. The van der Waals surface area contributed by atoms with Gasteiger partial charge in [0.2, 0.25) is 5.91 Å². The van der Waals surface area contributed by atoms with Crippen molar-refractivity contribution < 1.29 is 13.9 Å². The van der Waals surface area contributed by atoms with E-state index < -0.39 is 0 Å². The molecule has 3 rings (SSSR count). The lowest BCUT2D eigenvalue weighted by Gasteiger charge is -2.18. The number of fused-ring (bicyclic) bond motifs is 1. The summed E-state index contributed by atoms with van der Waals surface area (Å²) in [4.78, 5) is 16.2. The van der Waals surface area contributed by atoms with E-state index in [0.29, 0.717) is 13.1 Å². The first kappa shape index (κ1) is 18.9. The highest BCUT2D eigenvalue weighted by Gasteiger charge is 2.13. The molecule has 6 nitrogen and oxygen atoms in total. The maximum atomic E-state index is 12.1. The van der Waals surface area contributed by atoms with Gasteiger partial charge in [-0.3, -0.25) is 9.78 Å². The van der Waals surface area contributed by atoms with E-state index >= 15 is 0 Å². The molecule has 0 unspecified atom stereocenters. The summed E-state index contributed by atoms with van der Waals surface area (Å²) in [6.07, 6.45) is 6.04. The van der Waals surface area contributed by atoms with E-state index in [1.165, 1.54) is 0 Å². The Bertz CT molecular complexity index is 864. The van der Waals surface area contributed by atoms with E-state index in [-0.39, 0.29) is 18.1 Å². The Hall–Kier alpha value is -2.86. The monoisotopic (exact) mass is 367 g/mol. The molecule has 3 aromatic rings. The highest BCUT2D eigenvalue weighted by atomic mass is 16.5. The summed E-state index contributed by atoms with van der Waals surface area (Å²) in [6, 6.07) is 11.3. The van der Waals surface area contributed by atoms with Gasteiger partial charge in [-0.05, 0) is 68.6 Å². The van der Waals surface area contributed by atoms with Crippen molar-refractivity contribution in [2.24, 2.45) is 0 Å². The first-order valence-corrected chi connectivity index (χ1v) is 9.16. The summed E-state index contributed by atoms with van der Waals surface area (Å²) >= 11 is 0. The lowest BCUT2D eigenvalue weighted by molar-refractivity contribution is -0.123. The molecule has 0 aliphatic heterocycles. The number of ether oxygens (including phenoxy) is 1. The average Bonchev–Trinajstić information content (AvgIpc) is 3.19. The highest BCUT2D eigenvalue weighted by Crippen LogP contribution is 2.21. The summed E-state index contributed by atoms with van der Waals surface area (Å²) in [6.45, 7) is 4.96. The molecule has 1 amide bonds. The Kier molecular flexibility index (Phi) is 6.44. The molecular formula is C21H25N3O3. The predicted molar refractivity (Wildman–Crippen MR) is 104 cm³/mol. The molecule has 2 atom stereocenters. The van der Waals surface area contributed by atoms with Crippen LogP contribution in [0.2, 0.25) is 0 Å². The van der Waals surface area contributed by atoms with Crippen LogP contribution in [-0.4, -0.2) is 29.6 Å². The Morgan fingerprint density at radius 2 is 2.11 bits per heavy atom. The molecule has 2 aromatic heterocycles. The number of carbonyl (C=O) groups is 1. The van der Waals surface area contributed by atoms with Crippen LogP contribution in [0, 0.1) is 0 Å².